The Kier molecular flexibility index (Phi) is 6.90. The van der Waals surface area contributed by atoms with Gasteiger partial charge in [0.15, 0.2) is 0 Å². The van der Waals surface area contributed by atoms with Crippen LogP contribution in [0.15, 0.2) is 40.0 Å². The maximum Gasteiger partial charge on any atom is 1.00 e. The largest absolute Gasteiger partial charge is 1.00 e. The first kappa shape index (κ1) is 22.9. The van der Waals surface area contributed by atoms with Crippen molar-refractivity contribution in [1.82, 2.24) is 10.2 Å². The van der Waals surface area contributed by atoms with Crippen LogP contribution in [-0.4, -0.2) is 39.9 Å². The summed E-state index contributed by atoms with van der Waals surface area (Å²) in [5, 5.41) is 14.0. The minimum absolute atomic E-state index is 0. The predicted molar refractivity (Wildman–Crippen MR) is 107 cm³/mol. The van der Waals surface area contributed by atoms with Crippen LogP contribution in [0.4, 0.5) is 0 Å². The Balaban J connectivity index is 0.00000240. The van der Waals surface area contributed by atoms with E-state index < -0.39 is 22.8 Å². The molecule has 1 aromatic rings. The minimum atomic E-state index is -1.34. The van der Waals surface area contributed by atoms with Crippen LogP contribution in [0.1, 0.15) is 38.2 Å². The molecule has 0 aromatic heterocycles. The van der Waals surface area contributed by atoms with E-state index in [1.165, 1.54) is 16.7 Å². The molecule has 2 heterocycles. The Bertz CT molecular complexity index is 883. The second kappa shape index (κ2) is 8.75. The van der Waals surface area contributed by atoms with Gasteiger partial charge in [-0.15, -0.1) is 11.8 Å². The van der Waals surface area contributed by atoms with E-state index in [0.29, 0.717) is 11.3 Å². The number of hydrogen-bond acceptors (Lipinski definition) is 5. The molecular formula is C20H20BrN2NaO4S. The van der Waals surface area contributed by atoms with E-state index in [4.69, 9.17) is 0 Å². The maximum atomic E-state index is 13.3. The number of fused-ring (bicyclic) bond motifs is 1. The standard InChI is InChI=1S/C20H21BrN2O4S.Na/c1-11-10-28-17-14(16(24)23(17)15(11)18(25)26)22-19(27)20(8-2-3-9-20)12-4-6-13(21)7-5-12;/h4-7,14,17H,2-3,8-10H2,1H3,(H,22,27)(H,25,26);/q;+1/p-1/t14-,17-;/m1./s1. The van der Waals surface area contributed by atoms with Crippen molar-refractivity contribution in [3.05, 3.63) is 45.6 Å². The van der Waals surface area contributed by atoms with Crippen molar-refractivity contribution in [2.45, 2.75) is 49.4 Å². The van der Waals surface area contributed by atoms with Crippen LogP contribution in [-0.2, 0) is 19.8 Å². The number of carbonyl (C=O) groups excluding carboxylic acids is 3. The molecule has 1 N–H and O–H groups in total. The van der Waals surface area contributed by atoms with Crippen LogP contribution in [0, 0.1) is 0 Å². The second-order valence-electron chi connectivity index (χ2n) is 7.57. The molecule has 0 bridgehead atoms. The van der Waals surface area contributed by atoms with Crippen LogP contribution in [0.3, 0.4) is 0 Å². The number of β-lactam (4-membered cyclic amide) rings is 1. The molecule has 0 unspecified atom stereocenters. The van der Waals surface area contributed by atoms with Crippen LogP contribution in [0.2, 0.25) is 0 Å². The first-order valence-corrected chi connectivity index (χ1v) is 11.1. The number of benzene rings is 1. The van der Waals surface area contributed by atoms with Gasteiger partial charge in [-0.2, -0.15) is 0 Å². The van der Waals surface area contributed by atoms with Gasteiger partial charge in [0.25, 0.3) is 5.91 Å². The summed E-state index contributed by atoms with van der Waals surface area (Å²) in [7, 11) is 0. The van der Waals surface area contributed by atoms with E-state index in [-0.39, 0.29) is 47.1 Å². The average Bonchev–Trinajstić information content (AvgIpc) is 3.17. The Hall–Kier alpha value is -0.800. The number of nitrogens with zero attached hydrogens (tertiary/aromatic N) is 1. The van der Waals surface area contributed by atoms with Crippen molar-refractivity contribution in [1.29, 1.82) is 0 Å². The summed E-state index contributed by atoms with van der Waals surface area (Å²) in [5.41, 5.74) is 0.880. The molecule has 4 rings (SSSR count). The smallest absolute Gasteiger partial charge is 0.543 e. The number of hydrogen-bond donors (Lipinski definition) is 1. The Morgan fingerprint density at radius 3 is 2.45 bits per heavy atom. The number of amides is 2. The second-order valence-corrected chi connectivity index (χ2v) is 9.59. The van der Waals surface area contributed by atoms with Crippen LogP contribution < -0.4 is 40.0 Å². The van der Waals surface area contributed by atoms with Crippen molar-refractivity contribution in [3.8, 4) is 0 Å². The van der Waals surface area contributed by atoms with E-state index >= 15 is 0 Å². The molecule has 9 heteroatoms. The summed E-state index contributed by atoms with van der Waals surface area (Å²) in [5.74, 6) is -1.37. The fourth-order valence-electron chi connectivity index (χ4n) is 4.44. The molecule has 1 aromatic carbocycles. The van der Waals surface area contributed by atoms with E-state index in [9.17, 15) is 19.5 Å². The first-order valence-electron chi connectivity index (χ1n) is 9.28. The number of carboxylic acids is 1. The van der Waals surface area contributed by atoms with Gasteiger partial charge in [-0.3, -0.25) is 14.5 Å². The fourth-order valence-corrected chi connectivity index (χ4v) is 5.99. The number of carbonyl (C=O) groups is 3. The summed E-state index contributed by atoms with van der Waals surface area (Å²) in [4.78, 5) is 38.7. The van der Waals surface area contributed by atoms with Crippen LogP contribution in [0.5, 0.6) is 0 Å². The maximum absolute atomic E-state index is 13.3. The van der Waals surface area contributed by atoms with Gasteiger partial charge in [-0.1, -0.05) is 40.9 Å². The van der Waals surface area contributed by atoms with Crippen LogP contribution >= 0.6 is 27.7 Å². The first-order chi connectivity index (χ1) is 13.3. The Morgan fingerprint density at radius 1 is 1.24 bits per heavy atom. The molecule has 6 nitrogen and oxygen atoms in total. The number of rotatable bonds is 4. The zero-order chi connectivity index (χ0) is 20.1. The average molecular weight is 487 g/mol. The van der Waals surface area contributed by atoms with Crippen LogP contribution in [0.25, 0.3) is 0 Å². The third kappa shape index (κ3) is 3.82. The molecule has 1 aliphatic carbocycles. The predicted octanol–water partition coefficient (Wildman–Crippen LogP) is -1.31. The number of carboxylic acid groups (broad SMARTS) is 1. The third-order valence-electron chi connectivity index (χ3n) is 5.93. The molecule has 0 spiro atoms. The summed E-state index contributed by atoms with van der Waals surface area (Å²) in [6.07, 6.45) is 3.41. The summed E-state index contributed by atoms with van der Waals surface area (Å²) in [6, 6.07) is 7.07. The zero-order valence-electron chi connectivity index (χ0n) is 16.4. The van der Waals surface area contributed by atoms with Crippen molar-refractivity contribution < 1.29 is 49.0 Å². The number of aliphatic carboxylic acids is 1. The monoisotopic (exact) mass is 486 g/mol. The summed E-state index contributed by atoms with van der Waals surface area (Å²) >= 11 is 4.90. The molecule has 2 fully saturated rings. The molecule has 29 heavy (non-hydrogen) atoms. The molecule has 3 aliphatic rings. The summed E-state index contributed by atoms with van der Waals surface area (Å²) in [6.45, 7) is 1.69. The van der Waals surface area contributed by atoms with E-state index in [1.54, 1.807) is 6.92 Å². The normalized spacial score (nSPS) is 25.0. The number of nitrogens with one attached hydrogen (secondary N) is 1. The molecular weight excluding hydrogens is 467 g/mol. The number of thioether (sulfide) groups is 1. The quantitative estimate of drug-likeness (QED) is 0.421. The Labute approximate surface area is 204 Å². The third-order valence-corrected chi connectivity index (χ3v) is 7.88. The summed E-state index contributed by atoms with van der Waals surface area (Å²) < 4.78 is 0.949. The minimum Gasteiger partial charge on any atom is -0.543 e. The molecule has 2 aliphatic heterocycles. The van der Waals surface area contributed by atoms with Gasteiger partial charge in [0.05, 0.1) is 17.1 Å². The molecule has 0 radical (unpaired) electrons. The van der Waals surface area contributed by atoms with Gasteiger partial charge in [0.1, 0.15) is 11.4 Å². The number of halogens is 1. The van der Waals surface area contributed by atoms with E-state index in [0.717, 1.165) is 35.7 Å². The van der Waals surface area contributed by atoms with Crippen molar-refractivity contribution >= 4 is 45.5 Å². The van der Waals surface area contributed by atoms with Gasteiger partial charge < -0.3 is 15.2 Å². The van der Waals surface area contributed by atoms with Gasteiger partial charge in [-0.25, -0.2) is 0 Å². The Morgan fingerprint density at radius 2 is 1.86 bits per heavy atom. The van der Waals surface area contributed by atoms with Crippen molar-refractivity contribution in [2.75, 3.05) is 5.75 Å². The zero-order valence-corrected chi connectivity index (χ0v) is 20.8. The van der Waals surface area contributed by atoms with Crippen molar-refractivity contribution in [3.63, 3.8) is 0 Å². The molecule has 1 saturated heterocycles. The van der Waals surface area contributed by atoms with E-state index in [2.05, 4.69) is 21.2 Å². The molecule has 1 saturated carbocycles. The van der Waals surface area contributed by atoms with Gasteiger partial charge in [0.2, 0.25) is 5.91 Å². The van der Waals surface area contributed by atoms with Crippen molar-refractivity contribution in [2.24, 2.45) is 0 Å². The van der Waals surface area contributed by atoms with Gasteiger partial charge in [0, 0.05) is 10.2 Å². The fraction of sp³-hybridized carbons (Fsp3) is 0.450. The molecule has 148 valence electrons. The topological polar surface area (TPSA) is 89.5 Å². The molecule has 2 atom stereocenters. The van der Waals surface area contributed by atoms with E-state index in [1.807, 2.05) is 24.3 Å². The van der Waals surface area contributed by atoms with Gasteiger partial charge >= 0.3 is 29.6 Å². The molecule has 2 amide bonds. The van der Waals surface area contributed by atoms with Gasteiger partial charge in [-0.05, 0) is 43.0 Å². The SMILES string of the molecule is CC1=C(C(=O)[O-])N2C(=O)[C@@H](NC(=O)C3(c4ccc(Br)cc4)CCCC3)[C@H]2SC1.[Na+].